The van der Waals surface area contributed by atoms with Crippen LogP contribution in [0.1, 0.15) is 37.8 Å². The molecule has 1 N–H and O–H groups in total. The maximum Gasteiger partial charge on any atom is 0.264 e. The zero-order valence-electron chi connectivity index (χ0n) is 14.1. The summed E-state index contributed by atoms with van der Waals surface area (Å²) in [4.78, 5) is 12.1. The smallest absolute Gasteiger partial charge is 0.264 e. The van der Waals surface area contributed by atoms with Crippen LogP contribution in [0.3, 0.4) is 0 Å². The van der Waals surface area contributed by atoms with Crippen LogP contribution in [0.5, 0.6) is 5.75 Å². The van der Waals surface area contributed by atoms with E-state index >= 15 is 0 Å². The van der Waals surface area contributed by atoms with Crippen molar-refractivity contribution >= 4 is 50.1 Å². The topological polar surface area (TPSA) is 64.1 Å². The molecule has 1 amide bonds. The number of thioether (sulfide) groups is 1. The number of aromatic nitrogens is 2. The van der Waals surface area contributed by atoms with E-state index < -0.39 is 0 Å². The van der Waals surface area contributed by atoms with E-state index in [-0.39, 0.29) is 12.5 Å². The van der Waals surface area contributed by atoms with Crippen LogP contribution in [0.2, 0.25) is 0 Å². The van der Waals surface area contributed by atoms with Gasteiger partial charge in [0.25, 0.3) is 5.91 Å². The van der Waals surface area contributed by atoms with Crippen LogP contribution in [0, 0.1) is 6.92 Å². The van der Waals surface area contributed by atoms with Crippen molar-refractivity contribution in [2.75, 3.05) is 17.7 Å². The second-order valence-electron chi connectivity index (χ2n) is 5.44. The van der Waals surface area contributed by atoms with Gasteiger partial charge >= 0.3 is 0 Å². The number of hydrogen-bond donors (Lipinski definition) is 1. The minimum absolute atomic E-state index is 0.0589. The Kier molecular flexibility index (Phi) is 7.06. The van der Waals surface area contributed by atoms with Crippen LogP contribution in [-0.2, 0) is 4.79 Å². The van der Waals surface area contributed by atoms with Crippen LogP contribution >= 0.6 is 39.0 Å². The number of halogens is 1. The summed E-state index contributed by atoms with van der Waals surface area (Å²) in [5.41, 5.74) is 2.14. The number of amides is 1. The minimum Gasteiger partial charge on any atom is -0.483 e. The lowest BCUT2D eigenvalue weighted by molar-refractivity contribution is -0.118. The number of carbonyl (C=O) groups is 1. The number of rotatable bonds is 7. The highest BCUT2D eigenvalue weighted by atomic mass is 79.9. The first-order valence-electron chi connectivity index (χ1n) is 7.59. The fraction of sp³-hybridized carbons (Fsp3) is 0.438. The van der Waals surface area contributed by atoms with Gasteiger partial charge in [0.1, 0.15) is 5.75 Å². The predicted octanol–water partition coefficient (Wildman–Crippen LogP) is 4.86. The number of hydrogen-bond acceptors (Lipinski definition) is 6. The van der Waals surface area contributed by atoms with Gasteiger partial charge in [-0.3, -0.25) is 10.1 Å². The summed E-state index contributed by atoms with van der Waals surface area (Å²) in [5.74, 6) is 1.72. The number of aryl methyl sites for hydroxylation is 1. The fourth-order valence-electron chi connectivity index (χ4n) is 1.99. The van der Waals surface area contributed by atoms with E-state index in [4.69, 9.17) is 4.74 Å². The van der Waals surface area contributed by atoms with Crippen molar-refractivity contribution in [1.82, 2.24) is 10.2 Å². The summed E-state index contributed by atoms with van der Waals surface area (Å²) in [6, 6.07) is 4.00. The molecule has 0 aliphatic heterocycles. The third-order valence-corrected chi connectivity index (χ3v) is 5.90. The molecule has 5 nitrogen and oxygen atoms in total. The van der Waals surface area contributed by atoms with Crippen molar-refractivity contribution in [3.63, 3.8) is 0 Å². The summed E-state index contributed by atoms with van der Waals surface area (Å²) in [6.45, 7) is 8.17. The average molecular weight is 430 g/mol. The van der Waals surface area contributed by atoms with Gasteiger partial charge < -0.3 is 4.74 Å². The second kappa shape index (κ2) is 8.82. The standard InChI is InChI=1S/C16H20BrN3O2S2/c1-5-23-16-20-19-15(24-16)18-14(21)8-22-13-6-10(4)12(17)7-11(13)9(2)3/h6-7,9H,5,8H2,1-4H3,(H,18,19,21). The van der Waals surface area contributed by atoms with Crippen LogP contribution in [0.15, 0.2) is 20.9 Å². The Bertz CT molecular complexity index is 719. The molecule has 2 rings (SSSR count). The van der Waals surface area contributed by atoms with Crippen LogP contribution in [0.25, 0.3) is 0 Å². The Labute approximate surface area is 158 Å². The van der Waals surface area contributed by atoms with Crippen LogP contribution < -0.4 is 10.1 Å². The zero-order valence-corrected chi connectivity index (χ0v) is 17.3. The largest absolute Gasteiger partial charge is 0.483 e. The molecule has 1 heterocycles. The van der Waals surface area contributed by atoms with Gasteiger partial charge in [0, 0.05) is 4.47 Å². The van der Waals surface area contributed by atoms with Gasteiger partial charge in [0.15, 0.2) is 10.9 Å². The molecule has 0 spiro atoms. The molecule has 0 aliphatic carbocycles. The first kappa shape index (κ1) is 19.2. The number of ether oxygens (including phenoxy) is 1. The van der Waals surface area contributed by atoms with E-state index in [0.717, 1.165) is 31.4 Å². The lowest BCUT2D eigenvalue weighted by atomic mass is 10.0. The van der Waals surface area contributed by atoms with Gasteiger partial charge in [0.05, 0.1) is 0 Å². The van der Waals surface area contributed by atoms with Gasteiger partial charge in [-0.05, 0) is 41.9 Å². The molecule has 1 aromatic heterocycles. The quantitative estimate of drug-likeness (QED) is 0.502. The molecular weight excluding hydrogens is 410 g/mol. The van der Waals surface area contributed by atoms with Gasteiger partial charge in [0.2, 0.25) is 5.13 Å². The Morgan fingerprint density at radius 1 is 1.42 bits per heavy atom. The molecule has 0 aliphatic rings. The molecule has 0 atom stereocenters. The highest BCUT2D eigenvalue weighted by Gasteiger charge is 2.13. The van der Waals surface area contributed by atoms with Gasteiger partial charge in [-0.15, -0.1) is 10.2 Å². The molecule has 2 aromatic rings. The molecule has 0 unspecified atom stereocenters. The molecule has 0 fully saturated rings. The number of anilines is 1. The van der Waals surface area contributed by atoms with Crippen molar-refractivity contribution in [3.8, 4) is 5.75 Å². The summed E-state index contributed by atoms with van der Waals surface area (Å²) < 4.78 is 7.63. The van der Waals surface area contributed by atoms with E-state index in [1.165, 1.54) is 11.3 Å². The molecule has 24 heavy (non-hydrogen) atoms. The summed E-state index contributed by atoms with van der Waals surface area (Å²) in [7, 11) is 0. The van der Waals surface area contributed by atoms with Crippen molar-refractivity contribution < 1.29 is 9.53 Å². The number of nitrogens with zero attached hydrogens (tertiary/aromatic N) is 2. The predicted molar refractivity (Wildman–Crippen MR) is 103 cm³/mol. The Morgan fingerprint density at radius 2 is 2.17 bits per heavy atom. The van der Waals surface area contributed by atoms with E-state index in [9.17, 15) is 4.79 Å². The minimum atomic E-state index is -0.241. The van der Waals surface area contributed by atoms with E-state index in [1.54, 1.807) is 11.8 Å². The van der Waals surface area contributed by atoms with E-state index in [2.05, 4.69) is 45.3 Å². The first-order valence-corrected chi connectivity index (χ1v) is 10.2. The summed E-state index contributed by atoms with van der Waals surface area (Å²) in [6.07, 6.45) is 0. The zero-order chi connectivity index (χ0) is 17.7. The second-order valence-corrected chi connectivity index (χ2v) is 8.78. The average Bonchev–Trinajstić information content (AvgIpc) is 2.95. The van der Waals surface area contributed by atoms with E-state index in [0.29, 0.717) is 11.0 Å². The normalized spacial score (nSPS) is 10.9. The molecule has 130 valence electrons. The van der Waals surface area contributed by atoms with Crippen molar-refractivity contribution in [1.29, 1.82) is 0 Å². The van der Waals surface area contributed by atoms with Crippen molar-refractivity contribution in [2.45, 2.75) is 38.0 Å². The number of benzene rings is 1. The van der Waals surface area contributed by atoms with Crippen LogP contribution in [0.4, 0.5) is 5.13 Å². The fourth-order valence-corrected chi connectivity index (χ4v) is 4.01. The molecule has 0 bridgehead atoms. The third kappa shape index (κ3) is 5.19. The first-order chi connectivity index (χ1) is 11.4. The van der Waals surface area contributed by atoms with E-state index in [1.807, 2.05) is 26.0 Å². The Balaban J connectivity index is 1.99. The van der Waals surface area contributed by atoms with Gasteiger partial charge in [-0.25, -0.2) is 0 Å². The molecule has 0 saturated carbocycles. The maximum absolute atomic E-state index is 12.1. The monoisotopic (exact) mass is 429 g/mol. The molecular formula is C16H20BrN3O2S2. The SMILES string of the molecule is CCSc1nnc(NC(=O)COc2cc(C)c(Br)cc2C(C)C)s1. The highest BCUT2D eigenvalue weighted by molar-refractivity contribution is 9.10. The lowest BCUT2D eigenvalue weighted by Crippen LogP contribution is -2.20. The van der Waals surface area contributed by atoms with Gasteiger partial charge in [-0.2, -0.15) is 0 Å². The maximum atomic E-state index is 12.1. The lowest BCUT2D eigenvalue weighted by Gasteiger charge is -2.15. The third-order valence-electron chi connectivity index (χ3n) is 3.19. The van der Waals surface area contributed by atoms with Crippen molar-refractivity contribution in [2.24, 2.45) is 0 Å². The summed E-state index contributed by atoms with van der Waals surface area (Å²) >= 11 is 6.50. The highest BCUT2D eigenvalue weighted by Crippen LogP contribution is 2.32. The number of nitrogens with one attached hydrogen (secondary N) is 1. The number of carbonyl (C=O) groups excluding carboxylic acids is 1. The van der Waals surface area contributed by atoms with Crippen LogP contribution in [-0.4, -0.2) is 28.5 Å². The molecule has 0 radical (unpaired) electrons. The molecule has 8 heteroatoms. The Hall–Kier alpha value is -1.12. The Morgan fingerprint density at radius 3 is 2.83 bits per heavy atom. The summed E-state index contributed by atoms with van der Waals surface area (Å²) in [5, 5.41) is 11.2. The molecule has 0 saturated heterocycles. The van der Waals surface area contributed by atoms with Crippen molar-refractivity contribution in [3.05, 3.63) is 27.7 Å². The van der Waals surface area contributed by atoms with Gasteiger partial charge in [-0.1, -0.05) is 59.8 Å². The molecule has 1 aromatic carbocycles.